The van der Waals surface area contributed by atoms with Gasteiger partial charge in [0.05, 0.1) is 11.1 Å². The van der Waals surface area contributed by atoms with Crippen molar-refractivity contribution in [1.29, 1.82) is 0 Å². The molecule has 0 spiro atoms. The highest BCUT2D eigenvalue weighted by Crippen LogP contribution is 2.20. The molecule has 7 heteroatoms. The van der Waals surface area contributed by atoms with E-state index in [9.17, 15) is 9.59 Å². The number of aromatic nitrogens is 2. The molecule has 0 atom stereocenters. The lowest BCUT2D eigenvalue weighted by molar-refractivity contribution is -0.00339. The lowest BCUT2D eigenvalue weighted by Gasteiger charge is -2.33. The summed E-state index contributed by atoms with van der Waals surface area (Å²) in [5, 5.41) is 7.79. The third-order valence-corrected chi connectivity index (χ3v) is 4.04. The van der Waals surface area contributed by atoms with E-state index >= 15 is 0 Å². The summed E-state index contributed by atoms with van der Waals surface area (Å²) in [7, 11) is 0. The molecule has 7 nitrogen and oxygen atoms in total. The van der Waals surface area contributed by atoms with Crippen molar-refractivity contribution in [2.24, 2.45) is 0 Å². The second-order valence-electron chi connectivity index (χ2n) is 7.23. The highest BCUT2D eigenvalue weighted by molar-refractivity contribution is 5.94. The number of fused-ring (bicyclic) bond motifs is 1. The first-order valence-corrected chi connectivity index (χ1v) is 8.44. The quantitative estimate of drug-likeness (QED) is 0.845. The maximum atomic E-state index is 12.3. The zero-order valence-corrected chi connectivity index (χ0v) is 14.7. The molecular formula is C18H23N3O4. The summed E-state index contributed by atoms with van der Waals surface area (Å²) < 4.78 is 10.9. The number of ether oxygens (including phenoxy) is 2. The minimum Gasteiger partial charge on any atom is -0.459 e. The van der Waals surface area contributed by atoms with Crippen LogP contribution in [0.15, 0.2) is 24.4 Å². The van der Waals surface area contributed by atoms with E-state index in [4.69, 9.17) is 9.47 Å². The minimum atomic E-state index is -0.509. The van der Waals surface area contributed by atoms with E-state index in [0.29, 0.717) is 31.5 Å². The molecule has 2 aromatic rings. The highest BCUT2D eigenvalue weighted by Gasteiger charge is 2.28. The van der Waals surface area contributed by atoms with Gasteiger partial charge in [-0.25, -0.2) is 9.59 Å². The number of rotatable bonds is 2. The van der Waals surface area contributed by atoms with Crippen LogP contribution in [0.2, 0.25) is 0 Å². The highest BCUT2D eigenvalue weighted by atomic mass is 16.6. The molecule has 1 amide bonds. The van der Waals surface area contributed by atoms with Crippen molar-refractivity contribution in [2.45, 2.75) is 45.3 Å². The van der Waals surface area contributed by atoms with Gasteiger partial charge in [0, 0.05) is 37.5 Å². The van der Waals surface area contributed by atoms with E-state index in [1.54, 1.807) is 23.2 Å². The third-order valence-electron chi connectivity index (χ3n) is 4.04. The number of carbonyl (C=O) groups excluding carboxylic acids is 2. The Morgan fingerprint density at radius 2 is 1.96 bits per heavy atom. The van der Waals surface area contributed by atoms with E-state index < -0.39 is 5.60 Å². The average Bonchev–Trinajstić information content (AvgIpc) is 3.01. The van der Waals surface area contributed by atoms with Crippen molar-refractivity contribution in [1.82, 2.24) is 15.1 Å². The monoisotopic (exact) mass is 345 g/mol. The lowest BCUT2D eigenvalue weighted by atomic mass is 10.1. The number of likely N-dealkylation sites (tertiary alicyclic amines) is 1. The van der Waals surface area contributed by atoms with Crippen LogP contribution in [0.3, 0.4) is 0 Å². The van der Waals surface area contributed by atoms with Gasteiger partial charge >= 0.3 is 12.1 Å². The molecule has 1 aliphatic rings. The van der Waals surface area contributed by atoms with Crippen LogP contribution in [-0.4, -0.2) is 52.0 Å². The second kappa shape index (κ2) is 6.74. The summed E-state index contributed by atoms with van der Waals surface area (Å²) in [6, 6.07) is 5.28. The van der Waals surface area contributed by atoms with Crippen LogP contribution >= 0.6 is 0 Å². The molecule has 1 saturated heterocycles. The van der Waals surface area contributed by atoms with Crippen LogP contribution in [0.4, 0.5) is 4.79 Å². The molecule has 0 saturated carbocycles. The summed E-state index contributed by atoms with van der Waals surface area (Å²) >= 11 is 0. The molecule has 0 aliphatic carbocycles. The van der Waals surface area contributed by atoms with E-state index in [-0.39, 0.29) is 18.2 Å². The smallest absolute Gasteiger partial charge is 0.410 e. The summed E-state index contributed by atoms with van der Waals surface area (Å²) in [5.41, 5.74) is 0.703. The number of H-pyrrole nitrogens is 1. The molecule has 2 heterocycles. The standard InChI is InChI=1S/C18H23N3O4/c1-18(2,3)25-17(23)21-8-6-14(7-9-21)24-16(22)12-4-5-13-11-19-20-15(13)10-12/h4-5,10-11,14H,6-9H2,1-3H3,(H,19,20). The Kier molecular flexibility index (Phi) is 4.65. The van der Waals surface area contributed by atoms with Crippen molar-refractivity contribution in [3.05, 3.63) is 30.0 Å². The maximum absolute atomic E-state index is 12.3. The van der Waals surface area contributed by atoms with E-state index in [0.717, 1.165) is 10.9 Å². The van der Waals surface area contributed by atoms with Gasteiger partial charge in [-0.05, 0) is 32.9 Å². The topological polar surface area (TPSA) is 84.5 Å². The number of hydrogen-bond acceptors (Lipinski definition) is 5. The zero-order chi connectivity index (χ0) is 18.0. The fourth-order valence-corrected chi connectivity index (χ4v) is 2.76. The van der Waals surface area contributed by atoms with Gasteiger partial charge in [-0.15, -0.1) is 0 Å². The first kappa shape index (κ1) is 17.3. The van der Waals surface area contributed by atoms with Gasteiger partial charge in [0.2, 0.25) is 0 Å². The minimum absolute atomic E-state index is 0.193. The number of carbonyl (C=O) groups is 2. The van der Waals surface area contributed by atoms with E-state index in [2.05, 4.69) is 10.2 Å². The van der Waals surface area contributed by atoms with Crippen molar-refractivity contribution in [3.63, 3.8) is 0 Å². The second-order valence-corrected chi connectivity index (χ2v) is 7.23. The molecule has 0 bridgehead atoms. The fourth-order valence-electron chi connectivity index (χ4n) is 2.76. The Labute approximate surface area is 146 Å². The Bertz CT molecular complexity index is 770. The predicted octanol–water partition coefficient (Wildman–Crippen LogP) is 3.12. The molecule has 1 N–H and O–H groups in total. The van der Waals surface area contributed by atoms with Crippen molar-refractivity contribution >= 4 is 23.0 Å². The Morgan fingerprint density at radius 3 is 2.64 bits per heavy atom. The Balaban J connectivity index is 1.53. The summed E-state index contributed by atoms with van der Waals surface area (Å²) in [6.45, 7) is 6.57. The van der Waals surface area contributed by atoms with Crippen molar-refractivity contribution in [3.8, 4) is 0 Å². The molecular weight excluding hydrogens is 322 g/mol. The number of hydrogen-bond donors (Lipinski definition) is 1. The summed E-state index contributed by atoms with van der Waals surface area (Å²) in [6.07, 6.45) is 2.48. The molecule has 3 rings (SSSR count). The van der Waals surface area contributed by atoms with Crippen LogP contribution in [0.1, 0.15) is 44.0 Å². The third kappa shape index (κ3) is 4.29. The number of nitrogens with one attached hydrogen (secondary N) is 1. The van der Waals surface area contributed by atoms with Gasteiger partial charge in [-0.1, -0.05) is 6.07 Å². The summed E-state index contributed by atoms with van der Waals surface area (Å²) in [4.78, 5) is 26.0. The molecule has 25 heavy (non-hydrogen) atoms. The van der Waals surface area contributed by atoms with Gasteiger partial charge in [-0.3, -0.25) is 5.10 Å². The number of nitrogens with zero attached hydrogens (tertiary/aromatic N) is 2. The molecule has 1 aliphatic heterocycles. The van der Waals surface area contributed by atoms with Gasteiger partial charge in [0.1, 0.15) is 11.7 Å². The average molecular weight is 345 g/mol. The van der Waals surface area contributed by atoms with Crippen LogP contribution in [0.25, 0.3) is 10.9 Å². The normalized spacial score (nSPS) is 16.0. The maximum Gasteiger partial charge on any atom is 0.410 e. The van der Waals surface area contributed by atoms with Crippen LogP contribution < -0.4 is 0 Å². The predicted molar refractivity (Wildman–Crippen MR) is 92.3 cm³/mol. The fraction of sp³-hybridized carbons (Fsp3) is 0.500. The Hall–Kier alpha value is -2.57. The molecule has 1 fully saturated rings. The van der Waals surface area contributed by atoms with Gasteiger partial charge < -0.3 is 14.4 Å². The molecule has 1 aromatic heterocycles. The number of benzene rings is 1. The lowest BCUT2D eigenvalue weighted by Crippen LogP contribution is -2.43. The molecule has 0 radical (unpaired) electrons. The largest absolute Gasteiger partial charge is 0.459 e. The number of piperidine rings is 1. The van der Waals surface area contributed by atoms with Crippen molar-refractivity contribution in [2.75, 3.05) is 13.1 Å². The summed E-state index contributed by atoms with van der Waals surface area (Å²) in [5.74, 6) is -0.361. The van der Waals surface area contributed by atoms with Gasteiger partial charge in [0.25, 0.3) is 0 Å². The first-order valence-electron chi connectivity index (χ1n) is 8.44. The number of amides is 1. The molecule has 1 aromatic carbocycles. The van der Waals surface area contributed by atoms with E-state index in [1.165, 1.54) is 0 Å². The SMILES string of the molecule is CC(C)(C)OC(=O)N1CCC(OC(=O)c2ccc3c[nH]nc3c2)CC1. The molecule has 0 unspecified atom stereocenters. The van der Waals surface area contributed by atoms with Gasteiger partial charge in [-0.2, -0.15) is 5.10 Å². The Morgan fingerprint density at radius 1 is 1.24 bits per heavy atom. The number of aromatic amines is 1. The van der Waals surface area contributed by atoms with Crippen LogP contribution in [0, 0.1) is 0 Å². The van der Waals surface area contributed by atoms with E-state index in [1.807, 2.05) is 26.8 Å². The zero-order valence-electron chi connectivity index (χ0n) is 14.7. The first-order chi connectivity index (χ1) is 11.8. The molecule has 134 valence electrons. The van der Waals surface area contributed by atoms with Crippen LogP contribution in [0.5, 0.6) is 0 Å². The van der Waals surface area contributed by atoms with Gasteiger partial charge in [0.15, 0.2) is 0 Å². The van der Waals surface area contributed by atoms with Crippen molar-refractivity contribution < 1.29 is 19.1 Å². The number of esters is 1. The van der Waals surface area contributed by atoms with Crippen LogP contribution in [-0.2, 0) is 9.47 Å².